The molecule has 0 aliphatic heterocycles. The molecule has 2 N–H and O–H groups in total. The number of anilines is 1. The summed E-state index contributed by atoms with van der Waals surface area (Å²) in [6, 6.07) is 12.1. The van der Waals surface area contributed by atoms with Crippen LogP contribution in [-0.2, 0) is 12.3 Å². The quantitative estimate of drug-likeness (QED) is 0.829. The number of benzene rings is 1. The molecule has 1 aromatic heterocycles. The van der Waals surface area contributed by atoms with E-state index in [1.54, 1.807) is 4.57 Å². The summed E-state index contributed by atoms with van der Waals surface area (Å²) in [5, 5.41) is 17.1. The van der Waals surface area contributed by atoms with Crippen molar-refractivity contribution in [3.63, 3.8) is 0 Å². The SMILES string of the molecule is N#CCn1c(N)nnc1SCc1ccccc1. The van der Waals surface area contributed by atoms with E-state index in [0.717, 1.165) is 5.75 Å². The Kier molecular flexibility index (Phi) is 3.62. The Hall–Kier alpha value is -2.00. The van der Waals surface area contributed by atoms with Crippen molar-refractivity contribution in [2.24, 2.45) is 0 Å². The standard InChI is InChI=1S/C11H11N5S/c12-6-7-16-10(13)14-15-11(16)17-8-9-4-2-1-3-5-9/h1-5H,7-8H2,(H2,13,14). The minimum atomic E-state index is 0.177. The fourth-order valence-electron chi connectivity index (χ4n) is 1.35. The molecule has 1 heterocycles. The Morgan fingerprint density at radius 1 is 1.29 bits per heavy atom. The van der Waals surface area contributed by atoms with Crippen molar-refractivity contribution in [3.05, 3.63) is 35.9 Å². The fourth-order valence-corrected chi connectivity index (χ4v) is 2.25. The van der Waals surface area contributed by atoms with Crippen molar-refractivity contribution < 1.29 is 0 Å². The van der Waals surface area contributed by atoms with E-state index in [1.807, 2.05) is 36.4 Å². The van der Waals surface area contributed by atoms with E-state index in [9.17, 15) is 0 Å². The smallest absolute Gasteiger partial charge is 0.223 e. The summed E-state index contributed by atoms with van der Waals surface area (Å²) in [6.07, 6.45) is 0. The summed E-state index contributed by atoms with van der Waals surface area (Å²) in [4.78, 5) is 0. The van der Waals surface area contributed by atoms with Crippen LogP contribution in [-0.4, -0.2) is 14.8 Å². The highest BCUT2D eigenvalue weighted by Crippen LogP contribution is 2.22. The van der Waals surface area contributed by atoms with Gasteiger partial charge in [-0.15, -0.1) is 10.2 Å². The van der Waals surface area contributed by atoms with Crippen molar-refractivity contribution in [2.45, 2.75) is 17.5 Å². The molecule has 2 aromatic rings. The number of nitrogens with zero attached hydrogens (tertiary/aromatic N) is 4. The van der Waals surface area contributed by atoms with Crippen molar-refractivity contribution >= 4 is 17.7 Å². The second-order valence-electron chi connectivity index (χ2n) is 3.36. The molecule has 0 aliphatic rings. The summed E-state index contributed by atoms with van der Waals surface area (Å²) in [5.41, 5.74) is 6.82. The molecule has 5 nitrogen and oxygen atoms in total. The van der Waals surface area contributed by atoms with Gasteiger partial charge in [0.25, 0.3) is 0 Å². The van der Waals surface area contributed by atoms with E-state index in [2.05, 4.69) is 10.2 Å². The molecule has 17 heavy (non-hydrogen) atoms. The zero-order valence-corrected chi connectivity index (χ0v) is 9.89. The number of hydrogen-bond donors (Lipinski definition) is 1. The number of hydrogen-bond acceptors (Lipinski definition) is 5. The van der Waals surface area contributed by atoms with Crippen LogP contribution in [0, 0.1) is 11.3 Å². The third-order valence-electron chi connectivity index (χ3n) is 2.19. The Morgan fingerprint density at radius 3 is 2.76 bits per heavy atom. The highest BCUT2D eigenvalue weighted by molar-refractivity contribution is 7.98. The molecule has 0 saturated carbocycles. The molecule has 0 unspecified atom stereocenters. The van der Waals surface area contributed by atoms with Gasteiger partial charge in [0.15, 0.2) is 5.16 Å². The van der Waals surface area contributed by atoms with Crippen LogP contribution >= 0.6 is 11.8 Å². The maximum Gasteiger partial charge on any atom is 0.223 e. The molecule has 0 bridgehead atoms. The van der Waals surface area contributed by atoms with Gasteiger partial charge in [-0.1, -0.05) is 42.1 Å². The fraction of sp³-hybridized carbons (Fsp3) is 0.182. The van der Waals surface area contributed by atoms with Crippen LogP contribution in [0.5, 0.6) is 0 Å². The van der Waals surface area contributed by atoms with Gasteiger partial charge in [0.05, 0.1) is 6.07 Å². The molecule has 0 saturated heterocycles. The largest absolute Gasteiger partial charge is 0.368 e. The lowest BCUT2D eigenvalue weighted by Gasteiger charge is -2.03. The minimum absolute atomic E-state index is 0.177. The van der Waals surface area contributed by atoms with Gasteiger partial charge in [0, 0.05) is 5.75 Å². The van der Waals surface area contributed by atoms with E-state index in [4.69, 9.17) is 11.0 Å². The van der Waals surface area contributed by atoms with E-state index in [0.29, 0.717) is 5.16 Å². The molecule has 0 radical (unpaired) electrons. The second-order valence-corrected chi connectivity index (χ2v) is 4.30. The highest BCUT2D eigenvalue weighted by atomic mass is 32.2. The molecule has 2 rings (SSSR count). The predicted octanol–water partition coefficient (Wildman–Crippen LogP) is 1.68. The lowest BCUT2D eigenvalue weighted by Crippen LogP contribution is -2.03. The molecule has 0 atom stereocenters. The number of nitrogen functional groups attached to an aromatic ring is 1. The van der Waals surface area contributed by atoms with Crippen LogP contribution in [0.15, 0.2) is 35.5 Å². The van der Waals surface area contributed by atoms with E-state index in [-0.39, 0.29) is 12.5 Å². The monoisotopic (exact) mass is 245 g/mol. The second kappa shape index (κ2) is 5.37. The van der Waals surface area contributed by atoms with Gasteiger partial charge in [-0.25, -0.2) is 0 Å². The number of nitriles is 1. The number of nitrogens with two attached hydrogens (primary N) is 1. The normalized spacial score (nSPS) is 10.1. The summed E-state index contributed by atoms with van der Waals surface area (Å²) in [7, 11) is 0. The first-order valence-corrected chi connectivity index (χ1v) is 6.02. The molecule has 0 amide bonds. The maximum atomic E-state index is 8.68. The molecule has 0 aliphatic carbocycles. The minimum Gasteiger partial charge on any atom is -0.368 e. The Bertz CT molecular complexity index is 529. The van der Waals surface area contributed by atoms with Crippen molar-refractivity contribution in [1.29, 1.82) is 5.26 Å². The van der Waals surface area contributed by atoms with E-state index >= 15 is 0 Å². The summed E-state index contributed by atoms with van der Waals surface area (Å²) < 4.78 is 1.60. The van der Waals surface area contributed by atoms with Gasteiger partial charge < -0.3 is 5.73 Å². The summed E-state index contributed by atoms with van der Waals surface area (Å²) in [5.74, 6) is 1.06. The number of thioether (sulfide) groups is 1. The van der Waals surface area contributed by atoms with Crippen LogP contribution in [0.4, 0.5) is 5.95 Å². The van der Waals surface area contributed by atoms with Crippen LogP contribution in [0.3, 0.4) is 0 Å². The van der Waals surface area contributed by atoms with Crippen molar-refractivity contribution in [1.82, 2.24) is 14.8 Å². The molecule has 0 fully saturated rings. The van der Waals surface area contributed by atoms with E-state index < -0.39 is 0 Å². The third kappa shape index (κ3) is 2.77. The Morgan fingerprint density at radius 2 is 2.06 bits per heavy atom. The molecular formula is C11H11N5S. The zero-order valence-electron chi connectivity index (χ0n) is 9.08. The first kappa shape index (κ1) is 11.5. The van der Waals surface area contributed by atoms with E-state index in [1.165, 1.54) is 17.3 Å². The van der Waals surface area contributed by atoms with Crippen molar-refractivity contribution in [3.8, 4) is 6.07 Å². The highest BCUT2D eigenvalue weighted by Gasteiger charge is 2.09. The predicted molar refractivity (Wildman–Crippen MR) is 66.1 cm³/mol. The topological polar surface area (TPSA) is 80.5 Å². The molecule has 6 heteroatoms. The van der Waals surface area contributed by atoms with Gasteiger partial charge in [0.1, 0.15) is 6.54 Å². The van der Waals surface area contributed by atoms with Gasteiger partial charge in [-0.3, -0.25) is 4.57 Å². The first-order valence-electron chi connectivity index (χ1n) is 5.03. The Labute approximate surface area is 103 Å². The van der Waals surface area contributed by atoms with Crippen molar-refractivity contribution in [2.75, 3.05) is 5.73 Å². The molecule has 0 spiro atoms. The van der Waals surface area contributed by atoms with Crippen LogP contribution in [0.2, 0.25) is 0 Å². The molecule has 1 aromatic carbocycles. The number of rotatable bonds is 4. The van der Waals surface area contributed by atoms with Crippen LogP contribution < -0.4 is 5.73 Å². The van der Waals surface area contributed by atoms with Gasteiger partial charge >= 0.3 is 0 Å². The average molecular weight is 245 g/mol. The Balaban J connectivity index is 2.07. The van der Waals surface area contributed by atoms with Crippen LogP contribution in [0.25, 0.3) is 0 Å². The van der Waals surface area contributed by atoms with Crippen LogP contribution in [0.1, 0.15) is 5.56 Å². The summed E-state index contributed by atoms with van der Waals surface area (Å²) in [6.45, 7) is 0.177. The lowest BCUT2D eigenvalue weighted by molar-refractivity contribution is 0.740. The number of aromatic nitrogens is 3. The summed E-state index contributed by atoms with van der Waals surface area (Å²) >= 11 is 1.52. The maximum absolute atomic E-state index is 8.68. The third-order valence-corrected chi connectivity index (χ3v) is 3.22. The average Bonchev–Trinajstić information content (AvgIpc) is 2.70. The molecule has 86 valence electrons. The lowest BCUT2D eigenvalue weighted by atomic mass is 10.2. The van der Waals surface area contributed by atoms with Gasteiger partial charge in [-0.2, -0.15) is 5.26 Å². The first-order chi connectivity index (χ1) is 8.31. The molecular weight excluding hydrogens is 234 g/mol. The zero-order chi connectivity index (χ0) is 12.1. The van der Waals surface area contributed by atoms with Gasteiger partial charge in [0.2, 0.25) is 5.95 Å². The van der Waals surface area contributed by atoms with Gasteiger partial charge in [-0.05, 0) is 5.56 Å².